The highest BCUT2D eigenvalue weighted by Gasteiger charge is 2.31. The summed E-state index contributed by atoms with van der Waals surface area (Å²) in [6.45, 7) is 4.01. The number of benzene rings is 1. The molecule has 0 saturated heterocycles. The van der Waals surface area contributed by atoms with Crippen LogP contribution in [0, 0.1) is 6.92 Å². The molecule has 2 unspecified atom stereocenters. The Kier molecular flexibility index (Phi) is 2.87. The van der Waals surface area contributed by atoms with E-state index in [-0.39, 0.29) is 18.0 Å². The topological polar surface area (TPSA) is 54.3 Å². The van der Waals surface area contributed by atoms with Gasteiger partial charge in [-0.3, -0.25) is 10.1 Å². The Morgan fingerprint density at radius 3 is 2.95 bits per heavy atom. The lowest BCUT2D eigenvalue weighted by Gasteiger charge is -2.16. The highest BCUT2D eigenvalue weighted by Crippen LogP contribution is 2.33. The van der Waals surface area contributed by atoms with Crippen LogP contribution in [-0.2, 0) is 4.79 Å². The van der Waals surface area contributed by atoms with Crippen molar-refractivity contribution in [3.63, 3.8) is 0 Å². The average molecular weight is 256 g/mol. The maximum absolute atomic E-state index is 12.0. The van der Waals surface area contributed by atoms with E-state index < -0.39 is 0 Å². The molecule has 98 valence electrons. The molecule has 0 fully saturated rings. The summed E-state index contributed by atoms with van der Waals surface area (Å²) in [5, 5.41) is 6.20. The van der Waals surface area contributed by atoms with Gasteiger partial charge < -0.3 is 9.73 Å². The van der Waals surface area contributed by atoms with Crippen LogP contribution in [0.5, 0.6) is 0 Å². The standard InChI is InChI=1S/C15H16N2O2/c1-9-5-6-12-11(8-9)14(15(18)17-12)16-10(2)13-4-3-7-19-13/h3-8,10,14,16H,1-2H3,(H,17,18). The first-order chi connectivity index (χ1) is 9.15. The van der Waals surface area contributed by atoms with E-state index in [1.165, 1.54) is 0 Å². The van der Waals surface area contributed by atoms with E-state index in [9.17, 15) is 4.79 Å². The molecular weight excluding hydrogens is 240 g/mol. The van der Waals surface area contributed by atoms with Crippen LogP contribution in [0.2, 0.25) is 0 Å². The Hall–Kier alpha value is -2.07. The van der Waals surface area contributed by atoms with Gasteiger partial charge in [0.1, 0.15) is 11.8 Å². The van der Waals surface area contributed by atoms with Gasteiger partial charge in [-0.15, -0.1) is 0 Å². The first-order valence-corrected chi connectivity index (χ1v) is 6.36. The lowest BCUT2D eigenvalue weighted by Crippen LogP contribution is -2.29. The van der Waals surface area contributed by atoms with E-state index in [4.69, 9.17) is 4.42 Å². The number of hydrogen-bond acceptors (Lipinski definition) is 3. The van der Waals surface area contributed by atoms with Crippen LogP contribution >= 0.6 is 0 Å². The SMILES string of the molecule is Cc1ccc2c(c1)C(NC(C)c1ccco1)C(=O)N2. The highest BCUT2D eigenvalue weighted by molar-refractivity contribution is 6.02. The number of hydrogen-bond donors (Lipinski definition) is 2. The molecule has 0 aliphatic carbocycles. The molecule has 2 atom stereocenters. The van der Waals surface area contributed by atoms with E-state index in [0.29, 0.717) is 0 Å². The summed E-state index contributed by atoms with van der Waals surface area (Å²) in [6.07, 6.45) is 1.64. The molecule has 0 saturated carbocycles. The van der Waals surface area contributed by atoms with Gasteiger partial charge in [0.05, 0.1) is 12.3 Å². The normalized spacial score (nSPS) is 19.1. The quantitative estimate of drug-likeness (QED) is 0.887. The summed E-state index contributed by atoms with van der Waals surface area (Å²) < 4.78 is 5.36. The fourth-order valence-corrected chi connectivity index (χ4v) is 2.42. The number of amides is 1. The molecule has 19 heavy (non-hydrogen) atoms. The monoisotopic (exact) mass is 256 g/mol. The number of rotatable bonds is 3. The third-order valence-corrected chi connectivity index (χ3v) is 3.42. The van der Waals surface area contributed by atoms with Crippen LogP contribution < -0.4 is 10.6 Å². The van der Waals surface area contributed by atoms with Crippen LogP contribution in [0.25, 0.3) is 0 Å². The molecule has 4 nitrogen and oxygen atoms in total. The smallest absolute Gasteiger partial charge is 0.246 e. The van der Waals surface area contributed by atoms with Gasteiger partial charge in [0.2, 0.25) is 5.91 Å². The first-order valence-electron chi connectivity index (χ1n) is 6.36. The predicted molar refractivity (Wildman–Crippen MR) is 72.8 cm³/mol. The molecule has 1 aliphatic rings. The molecule has 1 aliphatic heterocycles. The summed E-state index contributed by atoms with van der Waals surface area (Å²) in [5.41, 5.74) is 3.04. The predicted octanol–water partition coefficient (Wildman–Crippen LogP) is 2.93. The van der Waals surface area contributed by atoms with Crippen molar-refractivity contribution in [1.82, 2.24) is 5.32 Å². The van der Waals surface area contributed by atoms with Crippen molar-refractivity contribution >= 4 is 11.6 Å². The molecule has 0 radical (unpaired) electrons. The Morgan fingerprint density at radius 1 is 1.37 bits per heavy atom. The zero-order chi connectivity index (χ0) is 13.4. The fraction of sp³-hybridized carbons (Fsp3) is 0.267. The zero-order valence-corrected chi connectivity index (χ0v) is 10.9. The van der Waals surface area contributed by atoms with Gasteiger partial charge in [0.15, 0.2) is 0 Å². The number of nitrogens with one attached hydrogen (secondary N) is 2. The number of aryl methyl sites for hydroxylation is 1. The molecule has 3 rings (SSSR count). The minimum absolute atomic E-state index is 0.0148. The van der Waals surface area contributed by atoms with E-state index in [0.717, 1.165) is 22.6 Å². The van der Waals surface area contributed by atoms with Crippen molar-refractivity contribution in [2.24, 2.45) is 0 Å². The Morgan fingerprint density at radius 2 is 2.21 bits per heavy atom. The van der Waals surface area contributed by atoms with Crippen molar-refractivity contribution in [3.8, 4) is 0 Å². The van der Waals surface area contributed by atoms with Crippen molar-refractivity contribution in [2.75, 3.05) is 5.32 Å². The van der Waals surface area contributed by atoms with E-state index >= 15 is 0 Å². The van der Waals surface area contributed by atoms with Gasteiger partial charge in [-0.1, -0.05) is 17.7 Å². The second-order valence-electron chi connectivity index (χ2n) is 4.92. The number of carbonyl (C=O) groups is 1. The maximum Gasteiger partial charge on any atom is 0.246 e. The van der Waals surface area contributed by atoms with E-state index in [1.54, 1.807) is 6.26 Å². The Bertz CT molecular complexity index is 605. The molecular formula is C15H16N2O2. The third-order valence-electron chi connectivity index (χ3n) is 3.42. The summed E-state index contributed by atoms with van der Waals surface area (Å²) in [7, 11) is 0. The van der Waals surface area contributed by atoms with Gasteiger partial charge >= 0.3 is 0 Å². The second-order valence-corrected chi connectivity index (χ2v) is 4.92. The van der Waals surface area contributed by atoms with Crippen molar-refractivity contribution < 1.29 is 9.21 Å². The number of carbonyl (C=O) groups excluding carboxylic acids is 1. The second kappa shape index (κ2) is 4.55. The molecule has 2 aromatic rings. The van der Waals surface area contributed by atoms with Crippen LogP contribution in [0.3, 0.4) is 0 Å². The maximum atomic E-state index is 12.0. The van der Waals surface area contributed by atoms with Gasteiger partial charge in [-0.2, -0.15) is 0 Å². The molecule has 1 aromatic heterocycles. The molecule has 4 heteroatoms. The molecule has 1 amide bonds. The molecule has 1 aromatic carbocycles. The molecule has 0 spiro atoms. The van der Waals surface area contributed by atoms with Crippen molar-refractivity contribution in [1.29, 1.82) is 0 Å². The van der Waals surface area contributed by atoms with Gasteiger partial charge in [0.25, 0.3) is 0 Å². The average Bonchev–Trinajstić information content (AvgIpc) is 2.99. The number of furan rings is 1. The van der Waals surface area contributed by atoms with Gasteiger partial charge in [-0.25, -0.2) is 0 Å². The van der Waals surface area contributed by atoms with Gasteiger partial charge in [-0.05, 0) is 32.0 Å². The summed E-state index contributed by atoms with van der Waals surface area (Å²) in [4.78, 5) is 12.0. The summed E-state index contributed by atoms with van der Waals surface area (Å²) >= 11 is 0. The van der Waals surface area contributed by atoms with E-state index in [1.807, 2.05) is 44.2 Å². The van der Waals surface area contributed by atoms with Crippen LogP contribution in [0.4, 0.5) is 5.69 Å². The Labute approximate surface area is 111 Å². The zero-order valence-electron chi connectivity index (χ0n) is 10.9. The number of fused-ring (bicyclic) bond motifs is 1. The number of anilines is 1. The third kappa shape index (κ3) is 2.15. The molecule has 2 heterocycles. The molecule has 0 bridgehead atoms. The minimum atomic E-state index is -0.324. The van der Waals surface area contributed by atoms with Crippen LogP contribution in [-0.4, -0.2) is 5.91 Å². The van der Waals surface area contributed by atoms with Crippen molar-refractivity contribution in [2.45, 2.75) is 25.9 Å². The summed E-state index contributed by atoms with van der Waals surface area (Å²) in [6, 6.07) is 9.40. The minimum Gasteiger partial charge on any atom is -0.468 e. The van der Waals surface area contributed by atoms with Crippen LogP contribution in [0.15, 0.2) is 41.0 Å². The van der Waals surface area contributed by atoms with Gasteiger partial charge in [0, 0.05) is 11.3 Å². The highest BCUT2D eigenvalue weighted by atomic mass is 16.3. The summed E-state index contributed by atoms with van der Waals surface area (Å²) in [5.74, 6) is 0.813. The lowest BCUT2D eigenvalue weighted by atomic mass is 10.0. The lowest BCUT2D eigenvalue weighted by molar-refractivity contribution is -0.117. The fourth-order valence-electron chi connectivity index (χ4n) is 2.42. The molecule has 2 N–H and O–H groups in total. The first kappa shape index (κ1) is 12.0. The Balaban J connectivity index is 1.86. The van der Waals surface area contributed by atoms with Crippen LogP contribution in [0.1, 0.15) is 35.9 Å². The van der Waals surface area contributed by atoms with Crippen molar-refractivity contribution in [3.05, 3.63) is 53.5 Å². The largest absolute Gasteiger partial charge is 0.468 e. The van der Waals surface area contributed by atoms with E-state index in [2.05, 4.69) is 10.6 Å².